The van der Waals surface area contributed by atoms with Crippen molar-refractivity contribution in [2.45, 2.75) is 45.4 Å². The maximum atomic E-state index is 9.73. The second-order valence-corrected chi connectivity index (χ2v) is 5.96. The number of hydrogen-bond donors (Lipinski definition) is 2. The highest BCUT2D eigenvalue weighted by atomic mass is 35.5. The number of benzene rings is 1. The Kier molecular flexibility index (Phi) is 5.08. The Morgan fingerprint density at radius 3 is 2.89 bits per heavy atom. The second-order valence-electron chi connectivity index (χ2n) is 5.55. The van der Waals surface area contributed by atoms with Crippen molar-refractivity contribution in [1.82, 2.24) is 5.32 Å². The first kappa shape index (κ1) is 14.6. The van der Waals surface area contributed by atoms with E-state index in [1.165, 1.54) is 0 Å². The lowest BCUT2D eigenvalue weighted by atomic mass is 10.1. The highest BCUT2D eigenvalue weighted by molar-refractivity contribution is 6.31. The van der Waals surface area contributed by atoms with Crippen LogP contribution >= 0.6 is 11.6 Å². The molecular weight excluding hydrogens is 260 g/mol. The smallest absolute Gasteiger partial charge is 0.0715 e. The molecule has 1 unspecified atom stereocenters. The van der Waals surface area contributed by atoms with Crippen LogP contribution in [0.25, 0.3) is 0 Å². The lowest BCUT2D eigenvalue weighted by Crippen LogP contribution is -2.38. The topological polar surface area (TPSA) is 35.5 Å². The van der Waals surface area contributed by atoms with Gasteiger partial charge in [0.2, 0.25) is 0 Å². The number of hydrogen-bond acceptors (Lipinski definition) is 3. The fourth-order valence-electron chi connectivity index (χ4n) is 2.38. The molecule has 1 aromatic carbocycles. The summed E-state index contributed by atoms with van der Waals surface area (Å²) in [7, 11) is 0. The van der Waals surface area contributed by atoms with Crippen LogP contribution < -0.4 is 10.2 Å². The van der Waals surface area contributed by atoms with Crippen LogP contribution in [0, 0.1) is 0 Å². The van der Waals surface area contributed by atoms with E-state index in [2.05, 4.69) is 36.2 Å². The molecular formula is C15H23ClN2O. The largest absolute Gasteiger partial charge is 0.391 e. The predicted octanol–water partition coefficient (Wildman–Crippen LogP) is 2.80. The number of halogens is 1. The van der Waals surface area contributed by atoms with E-state index in [9.17, 15) is 5.11 Å². The molecule has 1 fully saturated rings. The van der Waals surface area contributed by atoms with Crippen LogP contribution in [0.4, 0.5) is 5.69 Å². The van der Waals surface area contributed by atoms with Crippen LogP contribution in [0.2, 0.25) is 5.02 Å². The summed E-state index contributed by atoms with van der Waals surface area (Å²) in [5, 5.41) is 13.9. The first-order valence-electron chi connectivity index (χ1n) is 7.01. The number of rotatable bonds is 4. The molecule has 0 aromatic heterocycles. The van der Waals surface area contributed by atoms with E-state index in [1.807, 2.05) is 6.07 Å². The van der Waals surface area contributed by atoms with Gasteiger partial charge in [0.05, 0.1) is 6.10 Å². The summed E-state index contributed by atoms with van der Waals surface area (Å²) >= 11 is 6.34. The zero-order valence-corrected chi connectivity index (χ0v) is 12.5. The molecule has 0 spiro atoms. The summed E-state index contributed by atoms with van der Waals surface area (Å²) in [6.45, 7) is 6.74. The van der Waals surface area contributed by atoms with Crippen molar-refractivity contribution in [1.29, 1.82) is 0 Å². The molecule has 2 rings (SSSR count). The van der Waals surface area contributed by atoms with Crippen LogP contribution in [-0.2, 0) is 6.54 Å². The third-order valence-corrected chi connectivity index (χ3v) is 3.85. The van der Waals surface area contributed by atoms with E-state index in [4.69, 9.17) is 11.6 Å². The van der Waals surface area contributed by atoms with Gasteiger partial charge in [0, 0.05) is 36.4 Å². The number of nitrogens with one attached hydrogen (secondary N) is 1. The molecule has 1 aromatic rings. The number of aliphatic hydroxyl groups excluding tert-OH is 1. The fourth-order valence-corrected chi connectivity index (χ4v) is 2.62. The SMILES string of the molecule is CC(C)NCc1ccc(N2CCCC(O)C2)cc1Cl. The number of anilines is 1. The maximum absolute atomic E-state index is 9.73. The molecule has 106 valence electrons. The molecule has 2 N–H and O–H groups in total. The van der Waals surface area contributed by atoms with E-state index in [0.29, 0.717) is 12.6 Å². The monoisotopic (exact) mass is 282 g/mol. The third kappa shape index (κ3) is 4.10. The van der Waals surface area contributed by atoms with Gasteiger partial charge in [-0.1, -0.05) is 31.5 Å². The molecule has 19 heavy (non-hydrogen) atoms. The molecule has 0 saturated carbocycles. The van der Waals surface area contributed by atoms with Crippen LogP contribution in [0.15, 0.2) is 18.2 Å². The lowest BCUT2D eigenvalue weighted by molar-refractivity contribution is 0.154. The molecule has 3 nitrogen and oxygen atoms in total. The first-order chi connectivity index (χ1) is 9.06. The molecule has 0 bridgehead atoms. The van der Waals surface area contributed by atoms with Crippen LogP contribution in [0.1, 0.15) is 32.3 Å². The average molecular weight is 283 g/mol. The maximum Gasteiger partial charge on any atom is 0.0715 e. The van der Waals surface area contributed by atoms with Crippen molar-refractivity contribution in [3.8, 4) is 0 Å². The van der Waals surface area contributed by atoms with Crippen molar-refractivity contribution in [2.24, 2.45) is 0 Å². The Labute approximate surface area is 120 Å². The van der Waals surface area contributed by atoms with Gasteiger partial charge >= 0.3 is 0 Å². The Hall–Kier alpha value is -0.770. The van der Waals surface area contributed by atoms with Gasteiger partial charge in [0.25, 0.3) is 0 Å². The van der Waals surface area contributed by atoms with Crippen molar-refractivity contribution in [3.05, 3.63) is 28.8 Å². The van der Waals surface area contributed by atoms with E-state index in [1.54, 1.807) is 0 Å². The van der Waals surface area contributed by atoms with E-state index < -0.39 is 0 Å². The number of nitrogens with zero attached hydrogens (tertiary/aromatic N) is 1. The molecule has 4 heteroatoms. The minimum absolute atomic E-state index is 0.213. The van der Waals surface area contributed by atoms with E-state index in [0.717, 1.165) is 42.2 Å². The Bertz CT molecular complexity index is 423. The Morgan fingerprint density at radius 2 is 2.26 bits per heavy atom. The highest BCUT2D eigenvalue weighted by Gasteiger charge is 2.18. The number of β-amino-alcohol motifs (C(OH)–C–C–N with tert-alkyl or cyclic N) is 1. The minimum Gasteiger partial charge on any atom is -0.391 e. The normalized spacial score (nSPS) is 20.1. The molecule has 1 atom stereocenters. The van der Waals surface area contributed by atoms with Gasteiger partial charge < -0.3 is 15.3 Å². The van der Waals surface area contributed by atoms with Gasteiger partial charge in [-0.2, -0.15) is 0 Å². The second kappa shape index (κ2) is 6.60. The quantitative estimate of drug-likeness (QED) is 0.891. The van der Waals surface area contributed by atoms with E-state index in [-0.39, 0.29) is 6.10 Å². The summed E-state index contributed by atoms with van der Waals surface area (Å²) in [6.07, 6.45) is 1.73. The van der Waals surface area contributed by atoms with E-state index >= 15 is 0 Å². The Morgan fingerprint density at radius 1 is 1.47 bits per heavy atom. The molecule has 1 heterocycles. The number of piperidine rings is 1. The van der Waals surface area contributed by atoms with Gasteiger partial charge in [-0.25, -0.2) is 0 Å². The predicted molar refractivity (Wildman–Crippen MR) is 80.9 cm³/mol. The van der Waals surface area contributed by atoms with Crippen LogP contribution in [-0.4, -0.2) is 30.3 Å². The summed E-state index contributed by atoms with van der Waals surface area (Å²) in [5.41, 5.74) is 2.23. The van der Waals surface area contributed by atoms with Crippen LogP contribution in [0.5, 0.6) is 0 Å². The molecule has 0 amide bonds. The lowest BCUT2D eigenvalue weighted by Gasteiger charge is -2.32. The van der Waals surface area contributed by atoms with Crippen molar-refractivity contribution >= 4 is 17.3 Å². The summed E-state index contributed by atoms with van der Waals surface area (Å²) in [4.78, 5) is 2.21. The zero-order valence-electron chi connectivity index (χ0n) is 11.7. The summed E-state index contributed by atoms with van der Waals surface area (Å²) in [6, 6.07) is 6.64. The minimum atomic E-state index is -0.213. The van der Waals surface area contributed by atoms with Gasteiger partial charge in [-0.05, 0) is 30.5 Å². The summed E-state index contributed by atoms with van der Waals surface area (Å²) < 4.78 is 0. The van der Waals surface area contributed by atoms with Crippen molar-refractivity contribution in [2.75, 3.05) is 18.0 Å². The van der Waals surface area contributed by atoms with Gasteiger partial charge in [-0.3, -0.25) is 0 Å². The molecule has 0 aliphatic carbocycles. The fraction of sp³-hybridized carbons (Fsp3) is 0.600. The van der Waals surface area contributed by atoms with Crippen molar-refractivity contribution in [3.63, 3.8) is 0 Å². The van der Waals surface area contributed by atoms with Crippen LogP contribution in [0.3, 0.4) is 0 Å². The van der Waals surface area contributed by atoms with Crippen molar-refractivity contribution < 1.29 is 5.11 Å². The molecule has 1 aliphatic rings. The average Bonchev–Trinajstić information content (AvgIpc) is 2.37. The number of aliphatic hydroxyl groups is 1. The third-order valence-electron chi connectivity index (χ3n) is 3.50. The van der Waals surface area contributed by atoms with Gasteiger partial charge in [-0.15, -0.1) is 0 Å². The summed E-state index contributed by atoms with van der Waals surface area (Å²) in [5.74, 6) is 0. The molecule has 1 saturated heterocycles. The van der Waals surface area contributed by atoms with Gasteiger partial charge in [0.15, 0.2) is 0 Å². The first-order valence-corrected chi connectivity index (χ1v) is 7.39. The highest BCUT2D eigenvalue weighted by Crippen LogP contribution is 2.26. The Balaban J connectivity index is 2.05. The molecule has 1 aliphatic heterocycles. The standard InChI is InChI=1S/C15H23ClN2O/c1-11(2)17-9-12-5-6-13(8-15(12)16)18-7-3-4-14(19)10-18/h5-6,8,11,14,17,19H,3-4,7,9-10H2,1-2H3. The molecule has 0 radical (unpaired) electrons. The zero-order chi connectivity index (χ0) is 13.8. The van der Waals surface area contributed by atoms with Gasteiger partial charge in [0.1, 0.15) is 0 Å².